The summed E-state index contributed by atoms with van der Waals surface area (Å²) in [4.78, 5) is 4.35. The Labute approximate surface area is 156 Å². The summed E-state index contributed by atoms with van der Waals surface area (Å²) < 4.78 is 10.8. The summed E-state index contributed by atoms with van der Waals surface area (Å²) >= 11 is 5.96. The van der Waals surface area contributed by atoms with Crippen LogP contribution in [0.25, 0.3) is 0 Å². The van der Waals surface area contributed by atoms with Crippen molar-refractivity contribution in [2.45, 2.75) is 0 Å². The molecule has 2 aromatic carbocycles. The van der Waals surface area contributed by atoms with Gasteiger partial charge in [-0.15, -0.1) is 5.10 Å². The van der Waals surface area contributed by atoms with Crippen LogP contribution in [0.5, 0.6) is 11.5 Å². The minimum atomic E-state index is 0.383. The van der Waals surface area contributed by atoms with Crippen molar-refractivity contribution < 1.29 is 9.47 Å². The molecular formula is C18H18ClN5O2. The highest BCUT2D eigenvalue weighted by atomic mass is 35.5. The van der Waals surface area contributed by atoms with E-state index in [9.17, 15) is 0 Å². The molecule has 0 aliphatic rings. The molecular weight excluding hydrogens is 354 g/mol. The Hall–Kier alpha value is -3.06. The zero-order valence-electron chi connectivity index (χ0n) is 14.1. The molecule has 8 heteroatoms. The maximum absolute atomic E-state index is 5.96. The van der Waals surface area contributed by atoms with Crippen LogP contribution in [0.4, 0.5) is 17.5 Å². The molecule has 0 amide bonds. The molecule has 0 spiro atoms. The molecule has 2 N–H and O–H groups in total. The topological polar surface area (TPSA) is 81.2 Å². The highest BCUT2D eigenvalue weighted by Crippen LogP contribution is 2.18. The number of benzene rings is 2. The predicted octanol–water partition coefficient (Wildman–Crippen LogP) is 3.77. The van der Waals surface area contributed by atoms with Crippen LogP contribution in [-0.2, 0) is 0 Å². The van der Waals surface area contributed by atoms with Gasteiger partial charge in [-0.1, -0.05) is 17.7 Å². The maximum atomic E-state index is 5.96. The zero-order valence-corrected chi connectivity index (χ0v) is 14.9. The van der Waals surface area contributed by atoms with Gasteiger partial charge in [-0.3, -0.25) is 0 Å². The van der Waals surface area contributed by atoms with Crippen molar-refractivity contribution in [2.24, 2.45) is 0 Å². The Morgan fingerprint density at radius 1 is 1.08 bits per heavy atom. The van der Waals surface area contributed by atoms with Gasteiger partial charge in [0.2, 0.25) is 5.95 Å². The van der Waals surface area contributed by atoms with Gasteiger partial charge in [0.15, 0.2) is 5.82 Å². The van der Waals surface area contributed by atoms with Crippen molar-refractivity contribution in [3.63, 3.8) is 0 Å². The van der Waals surface area contributed by atoms with E-state index in [4.69, 9.17) is 21.1 Å². The smallest absolute Gasteiger partial charge is 0.249 e. The molecule has 134 valence electrons. The molecule has 1 heterocycles. The number of hydrogen-bond acceptors (Lipinski definition) is 7. The van der Waals surface area contributed by atoms with Crippen molar-refractivity contribution >= 4 is 29.1 Å². The van der Waals surface area contributed by atoms with E-state index in [1.807, 2.05) is 36.4 Å². The Balaban J connectivity index is 1.49. The molecule has 0 unspecified atom stereocenters. The molecule has 0 radical (unpaired) electrons. The molecule has 0 aliphatic heterocycles. The lowest BCUT2D eigenvalue weighted by atomic mass is 10.3. The summed E-state index contributed by atoms with van der Waals surface area (Å²) in [6, 6.07) is 14.7. The third-order valence-electron chi connectivity index (χ3n) is 3.38. The third kappa shape index (κ3) is 5.22. The first kappa shape index (κ1) is 17.8. The van der Waals surface area contributed by atoms with Gasteiger partial charge in [-0.25, -0.2) is 0 Å². The first-order valence-corrected chi connectivity index (χ1v) is 8.34. The molecule has 0 aliphatic carbocycles. The number of aromatic nitrogens is 3. The van der Waals surface area contributed by atoms with Crippen LogP contribution < -0.4 is 20.1 Å². The minimum Gasteiger partial charge on any atom is -0.497 e. The second kappa shape index (κ2) is 8.87. The van der Waals surface area contributed by atoms with E-state index in [0.717, 1.165) is 17.2 Å². The van der Waals surface area contributed by atoms with Gasteiger partial charge >= 0.3 is 0 Å². The van der Waals surface area contributed by atoms with Crippen LogP contribution in [0, 0.1) is 0 Å². The molecule has 0 saturated heterocycles. The van der Waals surface area contributed by atoms with Crippen LogP contribution in [0.1, 0.15) is 0 Å². The maximum Gasteiger partial charge on any atom is 0.249 e. The van der Waals surface area contributed by atoms with Crippen LogP contribution in [0.2, 0.25) is 5.02 Å². The summed E-state index contributed by atoms with van der Waals surface area (Å²) in [6.45, 7) is 1.05. The summed E-state index contributed by atoms with van der Waals surface area (Å²) in [5.74, 6) is 2.55. The van der Waals surface area contributed by atoms with Crippen molar-refractivity contribution in [3.05, 3.63) is 59.8 Å². The van der Waals surface area contributed by atoms with Crippen molar-refractivity contribution in [3.8, 4) is 11.5 Å². The van der Waals surface area contributed by atoms with Crippen LogP contribution in [-0.4, -0.2) is 35.4 Å². The zero-order chi connectivity index (χ0) is 18.2. The Bertz CT molecular complexity index is 845. The summed E-state index contributed by atoms with van der Waals surface area (Å²) in [7, 11) is 1.63. The number of halogens is 1. The Morgan fingerprint density at radius 3 is 2.65 bits per heavy atom. The van der Waals surface area contributed by atoms with E-state index < -0.39 is 0 Å². The van der Waals surface area contributed by atoms with Crippen molar-refractivity contribution in [1.29, 1.82) is 0 Å². The first-order chi connectivity index (χ1) is 12.7. The van der Waals surface area contributed by atoms with E-state index in [2.05, 4.69) is 25.8 Å². The second-order valence-corrected chi connectivity index (χ2v) is 5.69. The number of nitrogens with one attached hydrogen (secondary N) is 2. The van der Waals surface area contributed by atoms with E-state index in [1.165, 1.54) is 0 Å². The molecule has 26 heavy (non-hydrogen) atoms. The van der Waals surface area contributed by atoms with Crippen LogP contribution in [0.3, 0.4) is 0 Å². The molecule has 3 aromatic rings. The Morgan fingerprint density at radius 2 is 1.88 bits per heavy atom. The first-order valence-electron chi connectivity index (χ1n) is 7.96. The number of nitrogens with zero attached hydrogens (tertiary/aromatic N) is 3. The average molecular weight is 372 g/mol. The van der Waals surface area contributed by atoms with E-state index in [-0.39, 0.29) is 0 Å². The number of methoxy groups -OCH3 is 1. The van der Waals surface area contributed by atoms with Gasteiger partial charge in [0, 0.05) is 10.7 Å². The van der Waals surface area contributed by atoms with Gasteiger partial charge in [-0.2, -0.15) is 10.1 Å². The molecule has 0 saturated carbocycles. The lowest BCUT2D eigenvalue weighted by Crippen LogP contribution is -2.13. The predicted molar refractivity (Wildman–Crippen MR) is 102 cm³/mol. The standard InChI is InChI=1S/C18H18ClN5O2/c1-25-15-5-7-16(8-6-15)26-10-9-20-17-12-21-24-18(23-17)22-14-4-2-3-13(19)11-14/h2-8,11-12H,9-10H2,1H3,(H2,20,22,23,24). The van der Waals surface area contributed by atoms with Crippen molar-refractivity contribution in [1.82, 2.24) is 15.2 Å². The number of rotatable bonds is 8. The SMILES string of the molecule is COc1ccc(OCCNc2cnnc(Nc3cccc(Cl)c3)n2)cc1. The van der Waals surface area contributed by atoms with Gasteiger partial charge in [0.25, 0.3) is 0 Å². The van der Waals surface area contributed by atoms with Crippen molar-refractivity contribution in [2.75, 3.05) is 30.9 Å². The summed E-state index contributed by atoms with van der Waals surface area (Å²) in [6.07, 6.45) is 1.55. The second-order valence-electron chi connectivity index (χ2n) is 5.25. The monoisotopic (exact) mass is 371 g/mol. The summed E-state index contributed by atoms with van der Waals surface area (Å²) in [5, 5.41) is 14.7. The fourth-order valence-electron chi connectivity index (χ4n) is 2.16. The third-order valence-corrected chi connectivity index (χ3v) is 3.61. The normalized spacial score (nSPS) is 10.2. The van der Waals surface area contributed by atoms with E-state index in [1.54, 1.807) is 25.4 Å². The summed E-state index contributed by atoms with van der Waals surface area (Å²) in [5.41, 5.74) is 0.791. The lowest BCUT2D eigenvalue weighted by Gasteiger charge is -2.09. The molecule has 7 nitrogen and oxygen atoms in total. The fourth-order valence-corrected chi connectivity index (χ4v) is 2.35. The lowest BCUT2D eigenvalue weighted by molar-refractivity contribution is 0.331. The average Bonchev–Trinajstić information content (AvgIpc) is 2.66. The van der Waals surface area contributed by atoms with E-state index >= 15 is 0 Å². The van der Waals surface area contributed by atoms with Crippen LogP contribution >= 0.6 is 11.6 Å². The molecule has 3 rings (SSSR count). The van der Waals surface area contributed by atoms with Gasteiger partial charge < -0.3 is 20.1 Å². The van der Waals surface area contributed by atoms with Crippen LogP contribution in [0.15, 0.2) is 54.7 Å². The number of hydrogen-bond donors (Lipinski definition) is 2. The number of anilines is 3. The highest BCUT2D eigenvalue weighted by molar-refractivity contribution is 6.30. The molecule has 1 aromatic heterocycles. The van der Waals surface area contributed by atoms with Gasteiger partial charge in [0.1, 0.15) is 18.1 Å². The Kier molecular flexibility index (Phi) is 6.05. The minimum absolute atomic E-state index is 0.383. The quantitative estimate of drug-likeness (QED) is 0.583. The highest BCUT2D eigenvalue weighted by Gasteiger charge is 2.02. The largest absolute Gasteiger partial charge is 0.497 e. The number of ether oxygens (including phenoxy) is 2. The fraction of sp³-hybridized carbons (Fsp3) is 0.167. The van der Waals surface area contributed by atoms with E-state index in [0.29, 0.717) is 29.9 Å². The molecule has 0 bridgehead atoms. The molecule has 0 atom stereocenters. The van der Waals surface area contributed by atoms with Gasteiger partial charge in [-0.05, 0) is 42.5 Å². The molecule has 0 fully saturated rings. The van der Waals surface area contributed by atoms with Gasteiger partial charge in [0.05, 0.1) is 19.9 Å².